The Kier molecular flexibility index (Phi) is 2.58. The van der Waals surface area contributed by atoms with Crippen molar-refractivity contribution in [2.45, 2.75) is 38.3 Å². The Hall–Kier alpha value is -1.08. The van der Waals surface area contributed by atoms with Crippen molar-refractivity contribution in [3.05, 3.63) is 0 Å². The van der Waals surface area contributed by atoms with Gasteiger partial charge in [-0.05, 0) is 26.7 Å². The zero-order chi connectivity index (χ0) is 10.1. The van der Waals surface area contributed by atoms with Gasteiger partial charge in [0.1, 0.15) is 5.54 Å². The lowest BCUT2D eigenvalue weighted by Crippen LogP contribution is -2.58. The molecule has 0 amide bonds. The van der Waals surface area contributed by atoms with Gasteiger partial charge in [-0.1, -0.05) is 0 Å². The van der Waals surface area contributed by atoms with E-state index in [-0.39, 0.29) is 12.0 Å². The summed E-state index contributed by atoms with van der Waals surface area (Å²) in [6, 6.07) is 2.37. The summed E-state index contributed by atoms with van der Waals surface area (Å²) in [5.74, 6) is -1.14. The Morgan fingerprint density at radius 1 is 1.69 bits per heavy atom. The van der Waals surface area contributed by atoms with Crippen LogP contribution >= 0.6 is 0 Å². The molecule has 1 saturated carbocycles. The highest BCUT2D eigenvalue weighted by atomic mass is 16.4. The highest BCUT2D eigenvalue weighted by Gasteiger charge is 2.48. The molecule has 0 unspecified atom stereocenters. The van der Waals surface area contributed by atoms with Gasteiger partial charge in [0.15, 0.2) is 0 Å². The first-order valence-corrected chi connectivity index (χ1v) is 4.41. The van der Waals surface area contributed by atoms with Gasteiger partial charge in [-0.3, -0.25) is 10.1 Å². The minimum atomic E-state index is -0.795. The van der Waals surface area contributed by atoms with E-state index in [1.54, 1.807) is 0 Å². The summed E-state index contributed by atoms with van der Waals surface area (Å²) < 4.78 is 0. The number of nitrogens with zero attached hydrogens (tertiary/aromatic N) is 1. The van der Waals surface area contributed by atoms with Crippen molar-refractivity contribution in [3.8, 4) is 6.07 Å². The van der Waals surface area contributed by atoms with Crippen molar-refractivity contribution in [2.24, 2.45) is 5.92 Å². The molecule has 1 aliphatic carbocycles. The fourth-order valence-electron chi connectivity index (χ4n) is 1.75. The van der Waals surface area contributed by atoms with E-state index in [0.717, 1.165) is 0 Å². The predicted octanol–water partition coefficient (Wildman–Crippen LogP) is 0.741. The first-order valence-electron chi connectivity index (χ1n) is 4.41. The van der Waals surface area contributed by atoms with Gasteiger partial charge in [-0.15, -0.1) is 0 Å². The van der Waals surface area contributed by atoms with Gasteiger partial charge < -0.3 is 5.11 Å². The molecule has 2 N–H and O–H groups in total. The SMILES string of the molecule is CC(C)NC1(C#N)CC(C(=O)O)C1. The lowest BCUT2D eigenvalue weighted by molar-refractivity contribution is -0.146. The first kappa shape index (κ1) is 10.0. The van der Waals surface area contributed by atoms with Crippen LogP contribution < -0.4 is 5.32 Å². The van der Waals surface area contributed by atoms with Crippen molar-refractivity contribution in [2.75, 3.05) is 0 Å². The maximum absolute atomic E-state index is 10.5. The molecule has 4 heteroatoms. The molecule has 13 heavy (non-hydrogen) atoms. The van der Waals surface area contributed by atoms with Crippen molar-refractivity contribution in [3.63, 3.8) is 0 Å². The van der Waals surface area contributed by atoms with Gasteiger partial charge in [0.25, 0.3) is 0 Å². The Bertz CT molecular complexity index is 249. The average Bonchev–Trinajstić information content (AvgIpc) is 1.94. The Balaban J connectivity index is 2.51. The third-order valence-electron chi connectivity index (χ3n) is 2.32. The molecule has 0 bridgehead atoms. The third-order valence-corrected chi connectivity index (χ3v) is 2.32. The molecule has 0 aliphatic heterocycles. The molecule has 1 fully saturated rings. The normalized spacial score (nSPS) is 32.3. The molecule has 0 spiro atoms. The van der Waals surface area contributed by atoms with Crippen LogP contribution in [0.3, 0.4) is 0 Å². The van der Waals surface area contributed by atoms with Crippen LogP contribution in [-0.2, 0) is 4.79 Å². The predicted molar refractivity (Wildman–Crippen MR) is 47.0 cm³/mol. The third kappa shape index (κ3) is 1.99. The molecule has 0 aromatic heterocycles. The maximum Gasteiger partial charge on any atom is 0.306 e. The summed E-state index contributed by atoms with van der Waals surface area (Å²) in [5, 5.41) is 20.6. The molecule has 72 valence electrons. The monoisotopic (exact) mass is 182 g/mol. The average molecular weight is 182 g/mol. The molecule has 1 rings (SSSR count). The minimum absolute atomic E-state index is 0.217. The molecule has 0 radical (unpaired) electrons. The van der Waals surface area contributed by atoms with Crippen molar-refractivity contribution < 1.29 is 9.90 Å². The standard InChI is InChI=1S/C9H14N2O2/c1-6(2)11-9(5-10)3-7(4-9)8(12)13/h6-7,11H,3-4H2,1-2H3,(H,12,13). The summed E-state index contributed by atoms with van der Waals surface area (Å²) in [5.41, 5.74) is -0.586. The molecular weight excluding hydrogens is 168 g/mol. The second-order valence-electron chi connectivity index (χ2n) is 3.94. The highest BCUT2D eigenvalue weighted by molar-refractivity contribution is 5.72. The lowest BCUT2D eigenvalue weighted by Gasteiger charge is -2.42. The van der Waals surface area contributed by atoms with Gasteiger partial charge in [-0.2, -0.15) is 5.26 Å². The Morgan fingerprint density at radius 2 is 2.23 bits per heavy atom. The van der Waals surface area contributed by atoms with Crippen molar-refractivity contribution in [1.29, 1.82) is 5.26 Å². The number of nitrogens with one attached hydrogen (secondary N) is 1. The van der Waals surface area contributed by atoms with E-state index in [4.69, 9.17) is 10.4 Å². The Labute approximate surface area is 77.6 Å². The van der Waals surface area contributed by atoms with Gasteiger partial charge >= 0.3 is 5.97 Å². The topological polar surface area (TPSA) is 73.1 Å². The number of hydrogen-bond donors (Lipinski definition) is 2. The summed E-state index contributed by atoms with van der Waals surface area (Å²) in [6.07, 6.45) is 0.855. The number of rotatable bonds is 3. The van der Waals surface area contributed by atoms with E-state index in [0.29, 0.717) is 12.8 Å². The Morgan fingerprint density at radius 3 is 2.54 bits per heavy atom. The largest absolute Gasteiger partial charge is 0.481 e. The number of carboxylic acids is 1. The summed E-state index contributed by atoms with van der Waals surface area (Å²) in [6.45, 7) is 3.90. The van der Waals surface area contributed by atoms with Gasteiger partial charge in [-0.25, -0.2) is 0 Å². The van der Waals surface area contributed by atoms with Crippen molar-refractivity contribution >= 4 is 5.97 Å². The zero-order valence-corrected chi connectivity index (χ0v) is 7.87. The van der Waals surface area contributed by atoms with Crippen LogP contribution in [0.25, 0.3) is 0 Å². The number of carboxylic acid groups (broad SMARTS) is 1. The summed E-state index contributed by atoms with van der Waals surface area (Å²) in [4.78, 5) is 10.5. The fourth-order valence-corrected chi connectivity index (χ4v) is 1.75. The molecule has 0 aromatic rings. The fraction of sp³-hybridized carbons (Fsp3) is 0.778. The molecule has 1 aliphatic rings. The first-order chi connectivity index (χ1) is 5.99. The van der Waals surface area contributed by atoms with Gasteiger partial charge in [0, 0.05) is 6.04 Å². The maximum atomic E-state index is 10.5. The van der Waals surface area contributed by atoms with Crippen molar-refractivity contribution in [1.82, 2.24) is 5.32 Å². The van der Waals surface area contributed by atoms with Crippen LogP contribution in [0.1, 0.15) is 26.7 Å². The van der Waals surface area contributed by atoms with Crippen LogP contribution in [0.4, 0.5) is 0 Å². The van der Waals surface area contributed by atoms with Crippen LogP contribution in [0, 0.1) is 17.2 Å². The summed E-state index contributed by atoms with van der Waals surface area (Å²) in [7, 11) is 0. The van der Waals surface area contributed by atoms with E-state index in [9.17, 15) is 4.79 Å². The highest BCUT2D eigenvalue weighted by Crippen LogP contribution is 2.37. The van der Waals surface area contributed by atoms with E-state index in [1.165, 1.54) is 0 Å². The van der Waals surface area contributed by atoms with Gasteiger partial charge in [0.05, 0.1) is 12.0 Å². The molecule has 0 heterocycles. The second-order valence-corrected chi connectivity index (χ2v) is 3.94. The number of aliphatic carboxylic acids is 1. The van der Waals surface area contributed by atoms with Gasteiger partial charge in [0.2, 0.25) is 0 Å². The van der Waals surface area contributed by atoms with Crippen LogP contribution in [0.15, 0.2) is 0 Å². The van der Waals surface area contributed by atoms with Crippen LogP contribution in [-0.4, -0.2) is 22.7 Å². The molecular formula is C9H14N2O2. The lowest BCUT2D eigenvalue weighted by atomic mass is 9.69. The quantitative estimate of drug-likeness (QED) is 0.675. The number of nitriles is 1. The molecule has 0 saturated heterocycles. The molecule has 4 nitrogen and oxygen atoms in total. The number of carbonyl (C=O) groups is 1. The second kappa shape index (κ2) is 3.35. The smallest absolute Gasteiger partial charge is 0.306 e. The molecule has 0 aromatic carbocycles. The van der Waals surface area contributed by atoms with E-state index < -0.39 is 11.5 Å². The van der Waals surface area contributed by atoms with Crippen LogP contribution in [0.2, 0.25) is 0 Å². The zero-order valence-electron chi connectivity index (χ0n) is 7.87. The minimum Gasteiger partial charge on any atom is -0.481 e. The van der Waals surface area contributed by atoms with E-state index >= 15 is 0 Å². The van der Waals surface area contributed by atoms with E-state index in [1.807, 2.05) is 13.8 Å². The summed E-state index contributed by atoms with van der Waals surface area (Å²) >= 11 is 0. The molecule has 0 atom stereocenters. The van der Waals surface area contributed by atoms with E-state index in [2.05, 4.69) is 11.4 Å². The number of hydrogen-bond acceptors (Lipinski definition) is 3. The van der Waals surface area contributed by atoms with Crippen LogP contribution in [0.5, 0.6) is 0 Å².